The highest BCUT2D eigenvalue weighted by Crippen LogP contribution is 2.60. The quantitative estimate of drug-likeness (QED) is 0.841. The summed E-state index contributed by atoms with van der Waals surface area (Å²) in [5, 5.41) is 0.688. The number of nitrogens with zero attached hydrogens (tertiary/aromatic N) is 1. The minimum absolute atomic E-state index is 0.0833. The first-order valence-corrected chi connectivity index (χ1v) is 5.32. The molecule has 1 aromatic rings. The number of hydrogen-bond donors (Lipinski definition) is 1. The van der Waals surface area contributed by atoms with Gasteiger partial charge in [-0.15, -0.1) is 0 Å². The van der Waals surface area contributed by atoms with Crippen molar-refractivity contribution in [2.45, 2.75) is 25.8 Å². The van der Waals surface area contributed by atoms with Crippen molar-refractivity contribution in [1.29, 1.82) is 0 Å². The molecule has 0 bridgehead atoms. The van der Waals surface area contributed by atoms with Gasteiger partial charge in [0.15, 0.2) is 0 Å². The van der Waals surface area contributed by atoms with Crippen molar-refractivity contribution >= 4 is 11.6 Å². The molecular weight excluding hydrogens is 212 g/mol. The minimum atomic E-state index is 0.0833. The molecule has 2 N–H and O–H groups in total. The Morgan fingerprint density at radius 1 is 1.53 bits per heavy atom. The maximum atomic E-state index is 6.16. The highest BCUT2D eigenvalue weighted by molar-refractivity contribution is 6.31. The monoisotopic (exact) mass is 226 g/mol. The van der Waals surface area contributed by atoms with Crippen LogP contribution < -0.4 is 10.5 Å². The normalized spacial score (nSPS) is 27.5. The van der Waals surface area contributed by atoms with E-state index in [0.717, 1.165) is 5.56 Å². The number of methoxy groups -OCH3 is 1. The van der Waals surface area contributed by atoms with Crippen molar-refractivity contribution in [2.24, 2.45) is 11.1 Å². The maximum absolute atomic E-state index is 6.16. The van der Waals surface area contributed by atoms with Gasteiger partial charge in [-0.1, -0.05) is 25.4 Å². The molecule has 1 aliphatic rings. The van der Waals surface area contributed by atoms with Gasteiger partial charge in [0.2, 0.25) is 5.88 Å². The van der Waals surface area contributed by atoms with Crippen molar-refractivity contribution in [3.05, 3.63) is 22.8 Å². The number of rotatable bonds is 2. The second-order valence-electron chi connectivity index (χ2n) is 4.54. The fourth-order valence-electron chi connectivity index (χ4n) is 2.11. The Bertz CT molecular complexity index is 392. The second-order valence-corrected chi connectivity index (χ2v) is 4.95. The zero-order chi connectivity index (χ0) is 11.2. The smallest absolute Gasteiger partial charge is 0.218 e. The topological polar surface area (TPSA) is 48.1 Å². The Labute approximate surface area is 94.6 Å². The lowest BCUT2D eigenvalue weighted by Crippen LogP contribution is -2.06. The van der Waals surface area contributed by atoms with Crippen LogP contribution in [0.1, 0.15) is 25.3 Å². The van der Waals surface area contributed by atoms with Crippen LogP contribution in [0.2, 0.25) is 5.02 Å². The van der Waals surface area contributed by atoms with Gasteiger partial charge in [0.1, 0.15) is 0 Å². The molecule has 15 heavy (non-hydrogen) atoms. The van der Waals surface area contributed by atoms with Gasteiger partial charge in [0.25, 0.3) is 0 Å². The van der Waals surface area contributed by atoms with Gasteiger partial charge in [-0.25, -0.2) is 4.98 Å². The Hall–Kier alpha value is -0.800. The molecule has 0 unspecified atom stereocenters. The van der Waals surface area contributed by atoms with Crippen molar-refractivity contribution in [2.75, 3.05) is 7.11 Å². The van der Waals surface area contributed by atoms with Crippen LogP contribution in [0.15, 0.2) is 12.3 Å². The van der Waals surface area contributed by atoms with Gasteiger partial charge in [0, 0.05) is 23.7 Å². The lowest BCUT2D eigenvalue weighted by atomic mass is 10.0. The molecule has 4 heteroatoms. The average Bonchev–Trinajstić information content (AvgIpc) is 2.66. The van der Waals surface area contributed by atoms with Crippen molar-refractivity contribution in [3.63, 3.8) is 0 Å². The van der Waals surface area contributed by atoms with Crippen molar-refractivity contribution < 1.29 is 4.74 Å². The lowest BCUT2D eigenvalue weighted by molar-refractivity contribution is 0.390. The van der Waals surface area contributed by atoms with Gasteiger partial charge in [-0.05, 0) is 11.5 Å². The van der Waals surface area contributed by atoms with Crippen LogP contribution in [0.4, 0.5) is 0 Å². The first-order chi connectivity index (χ1) is 7.00. The highest BCUT2D eigenvalue weighted by Gasteiger charge is 2.58. The van der Waals surface area contributed by atoms with Gasteiger partial charge in [-0.3, -0.25) is 0 Å². The van der Waals surface area contributed by atoms with E-state index in [1.807, 2.05) is 0 Å². The molecule has 0 radical (unpaired) electrons. The third kappa shape index (κ3) is 1.50. The summed E-state index contributed by atoms with van der Waals surface area (Å²) in [7, 11) is 1.60. The largest absolute Gasteiger partial charge is 0.481 e. The number of nitrogens with two attached hydrogens (primary N) is 1. The fraction of sp³-hybridized carbons (Fsp3) is 0.545. The summed E-state index contributed by atoms with van der Waals surface area (Å²) in [6, 6.07) is 1.91. The number of hydrogen-bond acceptors (Lipinski definition) is 3. The summed E-state index contributed by atoms with van der Waals surface area (Å²) in [5.41, 5.74) is 7.05. The van der Waals surface area contributed by atoms with Gasteiger partial charge in [-0.2, -0.15) is 0 Å². The molecule has 1 fully saturated rings. The fourth-order valence-corrected chi connectivity index (χ4v) is 2.36. The van der Waals surface area contributed by atoms with Crippen LogP contribution >= 0.6 is 11.6 Å². The van der Waals surface area contributed by atoms with E-state index in [2.05, 4.69) is 18.8 Å². The standard InChI is InChI=1S/C11H15ClN2O/c1-11(2)8(9(11)13)7-6(12)4-5-14-10(7)15-3/h4-5,8-9H,13H2,1-3H3/t8-,9-/m1/s1. The van der Waals surface area contributed by atoms with E-state index in [9.17, 15) is 0 Å². The molecule has 0 saturated heterocycles. The van der Waals surface area contributed by atoms with Gasteiger partial charge in [0.05, 0.1) is 12.1 Å². The summed E-state index contributed by atoms with van der Waals surface area (Å²) >= 11 is 6.16. The molecule has 3 nitrogen and oxygen atoms in total. The molecule has 0 amide bonds. The third-order valence-corrected chi connectivity index (χ3v) is 3.64. The van der Waals surface area contributed by atoms with E-state index < -0.39 is 0 Å². The summed E-state index contributed by atoms with van der Waals surface area (Å²) in [4.78, 5) is 4.16. The lowest BCUT2D eigenvalue weighted by Gasteiger charge is -2.09. The van der Waals surface area contributed by atoms with Crippen LogP contribution in [-0.2, 0) is 0 Å². The van der Waals surface area contributed by atoms with Crippen molar-refractivity contribution in [3.8, 4) is 5.88 Å². The molecule has 1 saturated carbocycles. The Morgan fingerprint density at radius 2 is 2.13 bits per heavy atom. The van der Waals surface area contributed by atoms with E-state index in [4.69, 9.17) is 22.1 Å². The van der Waals surface area contributed by atoms with E-state index in [1.165, 1.54) is 0 Å². The number of halogens is 1. The van der Waals surface area contributed by atoms with E-state index >= 15 is 0 Å². The average molecular weight is 227 g/mol. The summed E-state index contributed by atoms with van der Waals surface area (Å²) in [6.45, 7) is 4.26. The van der Waals surface area contributed by atoms with E-state index in [-0.39, 0.29) is 17.4 Å². The van der Waals surface area contributed by atoms with Crippen molar-refractivity contribution in [1.82, 2.24) is 4.98 Å². The molecule has 1 heterocycles. The van der Waals surface area contributed by atoms with Crippen LogP contribution in [0.3, 0.4) is 0 Å². The summed E-state index contributed by atoms with van der Waals surface area (Å²) in [6.07, 6.45) is 1.64. The molecule has 1 aliphatic carbocycles. The first-order valence-electron chi connectivity index (χ1n) is 4.94. The van der Waals surface area contributed by atoms with Gasteiger partial charge < -0.3 is 10.5 Å². The highest BCUT2D eigenvalue weighted by atomic mass is 35.5. The van der Waals surface area contributed by atoms with Crippen LogP contribution in [0.25, 0.3) is 0 Å². The number of aromatic nitrogens is 1. The molecule has 0 spiro atoms. The van der Waals surface area contributed by atoms with Gasteiger partial charge >= 0.3 is 0 Å². The summed E-state index contributed by atoms with van der Waals surface area (Å²) < 4.78 is 5.22. The summed E-state index contributed by atoms with van der Waals surface area (Å²) in [5.74, 6) is 0.835. The Kier molecular flexibility index (Phi) is 2.40. The molecule has 1 aromatic heterocycles. The van der Waals surface area contributed by atoms with E-state index in [1.54, 1.807) is 19.4 Å². The molecule has 0 aromatic carbocycles. The SMILES string of the molecule is COc1nccc(Cl)c1[C@@H]1[C@@H](N)C1(C)C. The number of ether oxygens (including phenoxy) is 1. The maximum Gasteiger partial charge on any atom is 0.218 e. The molecule has 2 rings (SSSR count). The van der Waals surface area contributed by atoms with Crippen LogP contribution in [0.5, 0.6) is 5.88 Å². The first kappa shape index (κ1) is 10.7. The molecule has 0 aliphatic heterocycles. The second kappa shape index (κ2) is 3.35. The minimum Gasteiger partial charge on any atom is -0.481 e. The third-order valence-electron chi connectivity index (χ3n) is 3.32. The zero-order valence-electron chi connectivity index (χ0n) is 9.12. The predicted molar refractivity (Wildman–Crippen MR) is 60.3 cm³/mol. The predicted octanol–water partition coefficient (Wildman–Crippen LogP) is 2.19. The Morgan fingerprint density at radius 3 is 2.60 bits per heavy atom. The number of pyridine rings is 1. The van der Waals surface area contributed by atoms with Crippen LogP contribution in [-0.4, -0.2) is 18.1 Å². The van der Waals surface area contributed by atoms with E-state index in [0.29, 0.717) is 10.9 Å². The zero-order valence-corrected chi connectivity index (χ0v) is 9.88. The molecular formula is C11H15ClN2O. The molecule has 2 atom stereocenters. The molecule has 82 valence electrons. The Balaban J connectivity index is 2.45. The van der Waals surface area contributed by atoms with Crippen LogP contribution in [0, 0.1) is 5.41 Å².